The van der Waals surface area contributed by atoms with Crippen molar-refractivity contribution >= 4 is 17.8 Å². The Hall–Kier alpha value is -7.75. The Labute approximate surface area is 552 Å². The van der Waals surface area contributed by atoms with E-state index < -0.39 is 11.2 Å². The molecule has 0 spiro atoms. The number of methoxy groups -OCH3 is 6. The van der Waals surface area contributed by atoms with E-state index in [4.69, 9.17) is 37.9 Å². The first-order valence-electron chi connectivity index (χ1n) is 32.2. The molecule has 19 nitrogen and oxygen atoms in total. The van der Waals surface area contributed by atoms with E-state index in [1.807, 2.05) is 132 Å². The maximum atomic E-state index is 13.1. The number of amides is 1. The molecule has 3 saturated heterocycles. The average molecular weight is 1280 g/mol. The molecule has 3 atom stereocenters. The van der Waals surface area contributed by atoms with E-state index in [0.717, 1.165) is 143 Å². The number of nitrogens with one attached hydrogen (secondary N) is 1. The van der Waals surface area contributed by atoms with Gasteiger partial charge < -0.3 is 37.9 Å². The van der Waals surface area contributed by atoms with E-state index in [-0.39, 0.29) is 36.0 Å². The molecule has 19 heteroatoms. The minimum absolute atomic E-state index is 0.141. The number of hydroxylamine groups is 1. The summed E-state index contributed by atoms with van der Waals surface area (Å²) in [6.07, 6.45) is 2.13. The van der Waals surface area contributed by atoms with E-state index in [2.05, 4.69) is 90.1 Å². The van der Waals surface area contributed by atoms with Crippen molar-refractivity contribution in [1.29, 1.82) is 0 Å². The quantitative estimate of drug-likeness (QED) is 0.0395. The fourth-order valence-electron chi connectivity index (χ4n) is 11.6. The molecule has 3 aliphatic rings. The van der Waals surface area contributed by atoms with Gasteiger partial charge in [0.1, 0.15) is 57.8 Å². The van der Waals surface area contributed by atoms with Crippen LogP contribution in [-0.2, 0) is 63.1 Å². The second kappa shape index (κ2) is 36.1. The zero-order valence-electron chi connectivity index (χ0n) is 56.9. The Kier molecular flexibility index (Phi) is 28.2. The lowest BCUT2D eigenvalue weighted by Crippen LogP contribution is -2.46. The summed E-state index contributed by atoms with van der Waals surface area (Å²) in [6.45, 7) is 23.5. The second-order valence-corrected chi connectivity index (χ2v) is 25.8. The van der Waals surface area contributed by atoms with Crippen LogP contribution in [0.1, 0.15) is 94.2 Å². The Morgan fingerprint density at radius 1 is 0.344 bits per heavy atom. The molecule has 3 aliphatic heterocycles. The fourth-order valence-corrected chi connectivity index (χ4v) is 11.6. The third-order valence-corrected chi connectivity index (χ3v) is 16.7. The van der Waals surface area contributed by atoms with Crippen molar-refractivity contribution in [2.24, 2.45) is 0 Å². The number of carbonyl (C=O) groups excluding carboxylic acids is 3. The van der Waals surface area contributed by atoms with Crippen LogP contribution in [0.25, 0.3) is 0 Å². The minimum atomic E-state index is -0.502. The molecule has 93 heavy (non-hydrogen) atoms. The van der Waals surface area contributed by atoms with Crippen molar-refractivity contribution in [1.82, 2.24) is 34.9 Å². The predicted molar refractivity (Wildman–Crippen MR) is 362 cm³/mol. The molecule has 0 aromatic heterocycles. The number of hydrogen-bond acceptors (Lipinski definition) is 18. The van der Waals surface area contributed by atoms with Gasteiger partial charge >= 0.3 is 11.9 Å². The molecule has 2 N–H and O–H groups in total. The normalized spacial score (nSPS) is 18.1. The first-order chi connectivity index (χ1) is 44.7. The van der Waals surface area contributed by atoms with Gasteiger partial charge in [-0.25, -0.2) is 5.48 Å². The highest BCUT2D eigenvalue weighted by atomic mass is 16.6. The first kappa shape index (κ1) is 72.7. The number of nitrogens with zero attached hydrogens (tertiary/aromatic N) is 6. The van der Waals surface area contributed by atoms with Gasteiger partial charge in [-0.3, -0.25) is 49.0 Å². The summed E-state index contributed by atoms with van der Waals surface area (Å²) < 4.78 is 43.1. The van der Waals surface area contributed by atoms with Crippen LogP contribution in [0, 0.1) is 0 Å². The first-order valence-corrected chi connectivity index (χ1v) is 32.2. The van der Waals surface area contributed by atoms with Gasteiger partial charge in [-0.1, -0.05) is 72.8 Å². The largest absolute Gasteiger partial charge is 0.497 e. The van der Waals surface area contributed by atoms with Crippen LogP contribution in [0.2, 0.25) is 0 Å². The summed E-state index contributed by atoms with van der Waals surface area (Å²) in [4.78, 5) is 52.3. The second-order valence-electron chi connectivity index (χ2n) is 25.8. The molecular formula is C74H101N7O12. The van der Waals surface area contributed by atoms with Crippen LogP contribution < -0.4 is 33.9 Å². The van der Waals surface area contributed by atoms with Gasteiger partial charge in [0, 0.05) is 98.2 Å². The zero-order chi connectivity index (χ0) is 66.9. The predicted octanol–water partition coefficient (Wildman–Crippen LogP) is 10.5. The molecule has 3 heterocycles. The average Bonchev–Trinajstić information content (AvgIpc) is 1.89. The Morgan fingerprint density at radius 3 is 0.774 bits per heavy atom. The van der Waals surface area contributed by atoms with Gasteiger partial charge in [0.25, 0.3) is 5.91 Å². The number of benzene rings is 6. The molecule has 0 aliphatic carbocycles. The Balaban J connectivity index is 0.000000198. The molecule has 9 rings (SSSR count). The topological polar surface area (TPSA) is 177 Å². The standard InChI is InChI=1S/2C26H36N2O4.C22H29N3O4/c2*1-26(2,3)32-25(29)24-14-15-27(18-20-6-10-22(30-4)11-7-20)16-17-28(24)19-21-8-12-23(31-5)13-9-21;1-28-19-7-3-17(4-8-19)15-24-12-11-21(22(26)23-27)25(14-13-24)16-18-5-9-20(29-2)10-6-18/h2*6-13,24H,14-19H2,1-5H3;3-10,21,27H,11-16H2,1-2H3,(H,23,26). The van der Waals surface area contributed by atoms with Crippen molar-refractivity contribution in [3.8, 4) is 34.5 Å². The van der Waals surface area contributed by atoms with Gasteiger partial charge in [0.2, 0.25) is 0 Å². The summed E-state index contributed by atoms with van der Waals surface area (Å²) >= 11 is 0. The molecule has 6 aromatic rings. The van der Waals surface area contributed by atoms with Crippen molar-refractivity contribution in [2.75, 3.05) is 102 Å². The zero-order valence-corrected chi connectivity index (χ0v) is 56.9. The fraction of sp³-hybridized carbons (Fsp3) is 0.473. The maximum absolute atomic E-state index is 13.1. The van der Waals surface area contributed by atoms with Gasteiger partial charge in [-0.05, 0) is 167 Å². The molecular weight excluding hydrogens is 1180 g/mol. The number of carbonyl (C=O) groups is 3. The van der Waals surface area contributed by atoms with E-state index >= 15 is 0 Å². The third kappa shape index (κ3) is 24.0. The molecule has 0 saturated carbocycles. The Bertz CT molecular complexity index is 3030. The summed E-state index contributed by atoms with van der Waals surface area (Å²) in [7, 11) is 9.99. The summed E-state index contributed by atoms with van der Waals surface area (Å²) in [5.74, 6) is 4.40. The molecule has 3 fully saturated rings. The van der Waals surface area contributed by atoms with Crippen LogP contribution in [0.5, 0.6) is 34.5 Å². The molecule has 0 bridgehead atoms. The molecule has 504 valence electrons. The number of ether oxygens (including phenoxy) is 8. The van der Waals surface area contributed by atoms with E-state index in [9.17, 15) is 19.6 Å². The van der Waals surface area contributed by atoms with Gasteiger partial charge in [0.15, 0.2) is 0 Å². The van der Waals surface area contributed by atoms with Crippen LogP contribution in [0.15, 0.2) is 146 Å². The van der Waals surface area contributed by atoms with Crippen LogP contribution in [0.4, 0.5) is 0 Å². The highest BCUT2D eigenvalue weighted by Crippen LogP contribution is 2.26. The van der Waals surface area contributed by atoms with Crippen LogP contribution in [-0.4, -0.2) is 183 Å². The van der Waals surface area contributed by atoms with Crippen molar-refractivity contribution in [3.05, 3.63) is 179 Å². The summed E-state index contributed by atoms with van der Waals surface area (Å²) in [5.41, 5.74) is 7.93. The molecule has 6 aromatic carbocycles. The minimum Gasteiger partial charge on any atom is -0.497 e. The van der Waals surface area contributed by atoms with Crippen LogP contribution >= 0.6 is 0 Å². The van der Waals surface area contributed by atoms with E-state index in [1.54, 1.807) is 42.7 Å². The lowest BCUT2D eigenvalue weighted by Gasteiger charge is -2.30. The molecule has 1 amide bonds. The summed E-state index contributed by atoms with van der Waals surface area (Å²) in [5, 5.41) is 9.21. The lowest BCUT2D eigenvalue weighted by molar-refractivity contribution is -0.162. The van der Waals surface area contributed by atoms with Crippen molar-refractivity contribution < 1.29 is 57.5 Å². The van der Waals surface area contributed by atoms with E-state index in [0.29, 0.717) is 26.1 Å². The SMILES string of the molecule is COc1ccc(CN2CCC(C(=O)NO)N(Cc3ccc(OC)cc3)CC2)cc1.COc1ccc(CN2CCC(C(=O)OC(C)(C)C)N(Cc3ccc(OC)cc3)CC2)cc1.COc1ccc(CN2CCC(C(=O)OC(C)(C)C)N(Cc3ccc(OC)cc3)CC2)cc1. The highest BCUT2D eigenvalue weighted by molar-refractivity contribution is 5.80. The van der Waals surface area contributed by atoms with Crippen molar-refractivity contribution in [3.63, 3.8) is 0 Å². The lowest BCUT2D eigenvalue weighted by atomic mass is 10.1. The summed E-state index contributed by atoms with van der Waals surface area (Å²) in [6, 6.07) is 47.5. The monoisotopic (exact) mass is 1280 g/mol. The Morgan fingerprint density at radius 2 is 0.559 bits per heavy atom. The third-order valence-electron chi connectivity index (χ3n) is 16.7. The molecule has 0 radical (unpaired) electrons. The van der Waals surface area contributed by atoms with Gasteiger partial charge in [-0.15, -0.1) is 0 Å². The smallest absolute Gasteiger partial charge is 0.323 e. The number of esters is 2. The molecule has 3 unspecified atom stereocenters. The highest BCUT2D eigenvalue weighted by Gasteiger charge is 2.35. The van der Waals surface area contributed by atoms with Crippen molar-refractivity contribution in [2.45, 2.75) is 129 Å². The van der Waals surface area contributed by atoms with Crippen LogP contribution in [0.3, 0.4) is 0 Å². The number of rotatable bonds is 21. The van der Waals surface area contributed by atoms with E-state index in [1.165, 1.54) is 16.7 Å². The van der Waals surface area contributed by atoms with Gasteiger partial charge in [0.05, 0.1) is 48.7 Å². The maximum Gasteiger partial charge on any atom is 0.323 e. The van der Waals surface area contributed by atoms with Gasteiger partial charge in [-0.2, -0.15) is 0 Å². The number of hydrogen-bond donors (Lipinski definition) is 2.